The Morgan fingerprint density at radius 1 is 1.16 bits per heavy atom. The molecule has 2 saturated carbocycles. The Kier molecular flexibility index (Phi) is 8.73. The van der Waals surface area contributed by atoms with Crippen molar-refractivity contribution in [2.75, 3.05) is 18.6 Å². The van der Waals surface area contributed by atoms with Crippen molar-refractivity contribution < 1.29 is 19.1 Å². The van der Waals surface area contributed by atoms with Crippen LogP contribution in [0.2, 0.25) is 0 Å². The van der Waals surface area contributed by atoms with Crippen molar-refractivity contribution in [1.29, 1.82) is 0 Å². The number of hydrogen-bond donors (Lipinski definition) is 0. The Labute approximate surface area is 233 Å². The van der Waals surface area contributed by atoms with Crippen LogP contribution >= 0.6 is 23.5 Å². The van der Waals surface area contributed by atoms with Gasteiger partial charge in [0, 0.05) is 5.92 Å². The topological polar surface area (TPSA) is 52.6 Å². The Morgan fingerprint density at radius 2 is 1.84 bits per heavy atom. The number of carbonyl (C=O) groups excluding carboxylic acids is 2. The number of thioether (sulfide) groups is 2. The molecule has 0 radical (unpaired) electrons. The molecule has 0 aromatic rings. The van der Waals surface area contributed by atoms with Crippen LogP contribution in [0.4, 0.5) is 0 Å². The fraction of sp³-hybridized carbons (Fsp3) is 0.806. The zero-order valence-corrected chi connectivity index (χ0v) is 25.7. The van der Waals surface area contributed by atoms with Crippen molar-refractivity contribution in [2.45, 2.75) is 103 Å². The van der Waals surface area contributed by atoms with Gasteiger partial charge >= 0.3 is 5.97 Å². The van der Waals surface area contributed by atoms with Gasteiger partial charge < -0.3 is 9.47 Å². The number of allylic oxidation sites excluding steroid dienone is 2. The second-order valence-electron chi connectivity index (χ2n) is 13.0. The SMILES string of the molecule is C=C1CC[C@H]2[C@]3(C)C[C@@H](C=C(C)C)O[C@H]3CC[C@]2(C)[C@@H]1CC(C(=O)OC)C(=O)C(C)C1(C)SCCCS1. The zero-order chi connectivity index (χ0) is 27.2. The number of methoxy groups -OCH3 is 1. The molecule has 0 bridgehead atoms. The summed E-state index contributed by atoms with van der Waals surface area (Å²) < 4.78 is 11.7. The lowest BCUT2D eigenvalue weighted by Gasteiger charge is -2.59. The van der Waals surface area contributed by atoms with E-state index in [1.165, 1.54) is 24.7 Å². The molecule has 208 valence electrons. The fourth-order valence-electron chi connectivity index (χ4n) is 8.23. The summed E-state index contributed by atoms with van der Waals surface area (Å²) in [6.07, 6.45) is 9.63. The molecule has 6 heteroatoms. The molecule has 4 nitrogen and oxygen atoms in total. The Bertz CT molecular complexity index is 933. The molecule has 0 amide bonds. The van der Waals surface area contributed by atoms with Crippen molar-refractivity contribution in [1.82, 2.24) is 0 Å². The van der Waals surface area contributed by atoms with Crippen LogP contribution < -0.4 is 0 Å². The monoisotopic (exact) mass is 548 g/mol. The van der Waals surface area contributed by atoms with Crippen LogP contribution in [0.15, 0.2) is 23.8 Å². The van der Waals surface area contributed by atoms with E-state index in [4.69, 9.17) is 9.47 Å². The maximum absolute atomic E-state index is 14.0. The first-order valence-corrected chi connectivity index (χ1v) is 16.2. The van der Waals surface area contributed by atoms with Crippen LogP contribution in [0.3, 0.4) is 0 Å². The highest BCUT2D eigenvalue weighted by atomic mass is 32.2. The summed E-state index contributed by atoms with van der Waals surface area (Å²) in [6, 6.07) is 0. The molecule has 0 aromatic carbocycles. The van der Waals surface area contributed by atoms with Crippen LogP contribution in [0.1, 0.15) is 86.5 Å². The lowest BCUT2D eigenvalue weighted by Crippen LogP contribution is -2.55. The van der Waals surface area contributed by atoms with E-state index in [1.54, 1.807) is 0 Å². The molecular formula is C31H48O4S2. The Morgan fingerprint density at radius 3 is 2.46 bits per heavy atom. The summed E-state index contributed by atoms with van der Waals surface area (Å²) in [6.45, 7) is 17.9. The second kappa shape index (κ2) is 11.0. The molecule has 4 rings (SSSR count). The third kappa shape index (κ3) is 5.37. The largest absolute Gasteiger partial charge is 0.468 e. The van der Waals surface area contributed by atoms with Gasteiger partial charge in [0.05, 0.1) is 23.4 Å². The van der Waals surface area contributed by atoms with E-state index in [0.717, 1.165) is 43.6 Å². The van der Waals surface area contributed by atoms with Crippen molar-refractivity contribution >= 4 is 35.3 Å². The summed E-state index contributed by atoms with van der Waals surface area (Å²) in [5.41, 5.74) is 2.62. The minimum atomic E-state index is -0.735. The first-order chi connectivity index (χ1) is 17.4. The van der Waals surface area contributed by atoms with Crippen molar-refractivity contribution in [3.05, 3.63) is 23.8 Å². The summed E-state index contributed by atoms with van der Waals surface area (Å²) in [5, 5.41) is 0. The van der Waals surface area contributed by atoms with Gasteiger partial charge in [0.2, 0.25) is 0 Å². The average molecular weight is 549 g/mol. The molecule has 8 atom stereocenters. The molecule has 0 aromatic heterocycles. The first kappa shape index (κ1) is 29.3. The predicted molar refractivity (Wildman–Crippen MR) is 156 cm³/mol. The van der Waals surface area contributed by atoms with E-state index in [9.17, 15) is 9.59 Å². The molecule has 4 aliphatic rings. The van der Waals surface area contributed by atoms with Crippen LogP contribution in [0.25, 0.3) is 0 Å². The highest BCUT2D eigenvalue weighted by Crippen LogP contribution is 2.66. The summed E-state index contributed by atoms with van der Waals surface area (Å²) >= 11 is 3.74. The van der Waals surface area contributed by atoms with Gasteiger partial charge in [0.1, 0.15) is 5.92 Å². The average Bonchev–Trinajstić information content (AvgIpc) is 3.17. The summed E-state index contributed by atoms with van der Waals surface area (Å²) in [4.78, 5) is 27.2. The van der Waals surface area contributed by atoms with Crippen molar-refractivity contribution in [3.63, 3.8) is 0 Å². The maximum Gasteiger partial charge on any atom is 0.316 e. The van der Waals surface area contributed by atoms with Crippen LogP contribution in [0.5, 0.6) is 0 Å². The fourth-order valence-corrected chi connectivity index (χ4v) is 11.4. The Balaban J connectivity index is 1.61. The van der Waals surface area contributed by atoms with Gasteiger partial charge in [-0.05, 0) is 99.9 Å². The minimum absolute atomic E-state index is 0.00215. The van der Waals surface area contributed by atoms with Gasteiger partial charge in [-0.2, -0.15) is 0 Å². The van der Waals surface area contributed by atoms with E-state index in [0.29, 0.717) is 12.3 Å². The number of ether oxygens (including phenoxy) is 2. The third-order valence-corrected chi connectivity index (χ3v) is 13.9. The number of rotatable bonds is 7. The van der Waals surface area contributed by atoms with Gasteiger partial charge in [-0.25, -0.2) is 0 Å². The van der Waals surface area contributed by atoms with E-state index in [-0.39, 0.29) is 50.7 Å². The van der Waals surface area contributed by atoms with Gasteiger partial charge in [0.25, 0.3) is 0 Å². The molecule has 4 fully saturated rings. The van der Waals surface area contributed by atoms with Gasteiger partial charge in [-0.15, -0.1) is 23.5 Å². The number of hydrogen-bond acceptors (Lipinski definition) is 6. The molecule has 2 aliphatic heterocycles. The van der Waals surface area contributed by atoms with Crippen LogP contribution in [-0.4, -0.2) is 46.7 Å². The number of esters is 1. The smallest absolute Gasteiger partial charge is 0.316 e. The van der Waals surface area contributed by atoms with E-state index in [1.807, 2.05) is 30.4 Å². The zero-order valence-electron chi connectivity index (χ0n) is 24.1. The number of fused-ring (bicyclic) bond motifs is 3. The number of Topliss-reactive ketones (excluding diaryl/α,β-unsaturated/α-hetero) is 1. The van der Waals surface area contributed by atoms with Gasteiger partial charge in [-0.3, -0.25) is 9.59 Å². The predicted octanol–water partition coefficient (Wildman–Crippen LogP) is 7.47. The lowest BCUT2D eigenvalue weighted by atomic mass is 9.45. The van der Waals surface area contributed by atoms with Crippen molar-refractivity contribution in [2.24, 2.45) is 34.5 Å². The highest BCUT2D eigenvalue weighted by molar-refractivity contribution is 8.18. The molecule has 0 N–H and O–H groups in total. The quantitative estimate of drug-likeness (QED) is 0.187. The molecule has 2 saturated heterocycles. The molecule has 0 spiro atoms. The van der Waals surface area contributed by atoms with Gasteiger partial charge in [0.15, 0.2) is 5.78 Å². The lowest BCUT2D eigenvalue weighted by molar-refractivity contribution is -0.153. The Hall–Kier alpha value is -0.720. The molecule has 2 heterocycles. The highest BCUT2D eigenvalue weighted by Gasteiger charge is 2.61. The molecular weight excluding hydrogens is 500 g/mol. The normalized spacial score (nSPS) is 38.6. The molecule has 2 aliphatic carbocycles. The summed E-state index contributed by atoms with van der Waals surface area (Å²) in [5.74, 6) is 1.47. The standard InChI is InChI=1S/C31H48O4S2/c1-19(2)16-22-18-30(6)25-11-10-20(3)24(29(25,5)13-12-26(30)35-22)17-23(28(33)34-8)27(32)21(4)31(7)36-14-9-15-37-31/h16,21-26H,3,9-15,17-18H2,1-2,4-8H3/t21?,22-,23?,24-,25-,26+,29-,30+/m1/s1. The first-order valence-electron chi connectivity index (χ1n) is 14.2. The van der Waals surface area contributed by atoms with Gasteiger partial charge in [-0.1, -0.05) is 44.6 Å². The number of ketones is 1. The van der Waals surface area contributed by atoms with E-state index >= 15 is 0 Å². The summed E-state index contributed by atoms with van der Waals surface area (Å²) in [7, 11) is 1.42. The maximum atomic E-state index is 14.0. The minimum Gasteiger partial charge on any atom is -0.468 e. The van der Waals surface area contributed by atoms with Crippen LogP contribution in [-0.2, 0) is 19.1 Å². The van der Waals surface area contributed by atoms with E-state index < -0.39 is 5.92 Å². The van der Waals surface area contributed by atoms with E-state index in [2.05, 4.69) is 47.3 Å². The van der Waals surface area contributed by atoms with Crippen LogP contribution in [0, 0.1) is 34.5 Å². The second-order valence-corrected chi connectivity index (χ2v) is 16.3. The van der Waals surface area contributed by atoms with Crippen molar-refractivity contribution in [3.8, 4) is 0 Å². The third-order valence-electron chi connectivity index (χ3n) is 10.4. The number of carbonyl (C=O) groups is 2. The molecule has 37 heavy (non-hydrogen) atoms. The molecule has 2 unspecified atom stereocenters.